The first-order valence-corrected chi connectivity index (χ1v) is 8.38. The molecule has 0 aromatic heterocycles. The number of benzene rings is 2. The highest BCUT2D eigenvalue weighted by Crippen LogP contribution is 2.27. The molecule has 3 rings (SSSR count). The molecule has 22 heavy (non-hydrogen) atoms. The van der Waals surface area contributed by atoms with Crippen molar-refractivity contribution in [1.29, 1.82) is 0 Å². The third-order valence-corrected chi connectivity index (χ3v) is 4.84. The Balaban J connectivity index is 1.85. The fourth-order valence-electron chi connectivity index (χ4n) is 2.60. The number of nitrogens with zero attached hydrogens (tertiary/aromatic N) is 1. The van der Waals surface area contributed by atoms with E-state index in [9.17, 15) is 9.59 Å². The Morgan fingerprint density at radius 2 is 1.50 bits per heavy atom. The number of fused-ring (bicyclic) bond motifs is 1. The van der Waals surface area contributed by atoms with Crippen molar-refractivity contribution < 1.29 is 9.59 Å². The van der Waals surface area contributed by atoms with Crippen LogP contribution in [0.2, 0.25) is 5.02 Å². The lowest BCUT2D eigenvalue weighted by atomic mass is 10.0. The fraction of sp³-hybridized carbons (Fsp3) is 0.176. The van der Waals surface area contributed by atoms with Crippen molar-refractivity contribution in [2.45, 2.75) is 5.92 Å². The van der Waals surface area contributed by atoms with E-state index in [0.717, 1.165) is 5.56 Å². The first-order chi connectivity index (χ1) is 10.6. The second-order valence-electron chi connectivity index (χ2n) is 5.17. The van der Waals surface area contributed by atoms with Crippen LogP contribution < -0.4 is 0 Å². The average molecular weight is 379 g/mol. The molecule has 0 aliphatic carbocycles. The molecule has 0 fully saturated rings. The van der Waals surface area contributed by atoms with Crippen molar-refractivity contribution >= 4 is 39.3 Å². The van der Waals surface area contributed by atoms with Gasteiger partial charge in [0.25, 0.3) is 11.8 Å². The second kappa shape index (κ2) is 6.23. The summed E-state index contributed by atoms with van der Waals surface area (Å²) in [6.07, 6.45) is 0. The van der Waals surface area contributed by atoms with Gasteiger partial charge in [0.1, 0.15) is 0 Å². The highest BCUT2D eigenvalue weighted by molar-refractivity contribution is 9.09. The topological polar surface area (TPSA) is 37.4 Å². The molecule has 0 saturated carbocycles. The Morgan fingerprint density at radius 3 is 2.00 bits per heavy atom. The van der Waals surface area contributed by atoms with E-state index in [1.165, 1.54) is 4.90 Å². The number of imide groups is 1. The van der Waals surface area contributed by atoms with Gasteiger partial charge < -0.3 is 0 Å². The van der Waals surface area contributed by atoms with E-state index < -0.39 is 0 Å². The van der Waals surface area contributed by atoms with Gasteiger partial charge in [0.15, 0.2) is 0 Å². The van der Waals surface area contributed by atoms with Gasteiger partial charge in [0, 0.05) is 22.8 Å². The Labute approximate surface area is 142 Å². The predicted molar refractivity (Wildman–Crippen MR) is 89.8 cm³/mol. The maximum Gasteiger partial charge on any atom is 0.261 e. The molecule has 3 nitrogen and oxygen atoms in total. The quantitative estimate of drug-likeness (QED) is 0.593. The zero-order chi connectivity index (χ0) is 15.7. The summed E-state index contributed by atoms with van der Waals surface area (Å²) in [5.74, 6) is -0.416. The van der Waals surface area contributed by atoms with Crippen molar-refractivity contribution in [3.05, 3.63) is 70.2 Å². The molecule has 0 spiro atoms. The summed E-state index contributed by atoms with van der Waals surface area (Å²) in [5, 5.41) is 1.32. The van der Waals surface area contributed by atoms with Gasteiger partial charge in [0.05, 0.1) is 11.1 Å². The van der Waals surface area contributed by atoms with E-state index in [-0.39, 0.29) is 17.7 Å². The Hall–Kier alpha value is -1.65. The number of amides is 2. The van der Waals surface area contributed by atoms with E-state index in [4.69, 9.17) is 11.6 Å². The summed E-state index contributed by atoms with van der Waals surface area (Å²) in [4.78, 5) is 26.1. The molecule has 0 N–H and O–H groups in total. The van der Waals surface area contributed by atoms with Crippen LogP contribution in [-0.4, -0.2) is 28.6 Å². The van der Waals surface area contributed by atoms with Gasteiger partial charge in [-0.1, -0.05) is 51.8 Å². The summed E-state index contributed by atoms with van der Waals surface area (Å²) in [6, 6.07) is 14.4. The first-order valence-electron chi connectivity index (χ1n) is 6.88. The summed E-state index contributed by atoms with van der Waals surface area (Å²) in [7, 11) is 0. The molecule has 1 unspecified atom stereocenters. The molecule has 2 aromatic carbocycles. The fourth-order valence-corrected chi connectivity index (χ4v) is 3.31. The van der Waals surface area contributed by atoms with Crippen molar-refractivity contribution in [2.24, 2.45) is 0 Å². The Morgan fingerprint density at radius 1 is 0.955 bits per heavy atom. The van der Waals surface area contributed by atoms with Crippen LogP contribution in [0.4, 0.5) is 0 Å². The average Bonchev–Trinajstić information content (AvgIpc) is 2.78. The molecule has 112 valence electrons. The summed E-state index contributed by atoms with van der Waals surface area (Å²) in [6.45, 7) is 0.346. The molecule has 1 aliphatic rings. The van der Waals surface area contributed by atoms with Crippen LogP contribution in [0.25, 0.3) is 0 Å². The normalized spacial score (nSPS) is 15.1. The van der Waals surface area contributed by atoms with Crippen LogP contribution in [0.5, 0.6) is 0 Å². The van der Waals surface area contributed by atoms with Crippen LogP contribution >= 0.6 is 27.5 Å². The summed E-state index contributed by atoms with van der Waals surface area (Å²) < 4.78 is 0. The third-order valence-electron chi connectivity index (χ3n) is 3.81. The number of carbonyl (C=O) groups excluding carboxylic acids is 2. The molecule has 0 radical (unpaired) electrons. The van der Waals surface area contributed by atoms with E-state index in [2.05, 4.69) is 15.9 Å². The van der Waals surface area contributed by atoms with E-state index in [0.29, 0.717) is 28.0 Å². The highest BCUT2D eigenvalue weighted by Gasteiger charge is 2.36. The van der Waals surface area contributed by atoms with Gasteiger partial charge in [-0.3, -0.25) is 14.5 Å². The van der Waals surface area contributed by atoms with E-state index in [1.807, 2.05) is 24.3 Å². The third kappa shape index (κ3) is 2.69. The SMILES string of the molecule is O=C1c2ccccc2C(=O)N1CC(CBr)c1ccc(Cl)cc1. The number of alkyl halides is 1. The van der Waals surface area contributed by atoms with Gasteiger partial charge in [-0.15, -0.1) is 0 Å². The molecule has 2 amide bonds. The largest absolute Gasteiger partial charge is 0.274 e. The van der Waals surface area contributed by atoms with Gasteiger partial charge in [-0.05, 0) is 29.8 Å². The van der Waals surface area contributed by atoms with Crippen molar-refractivity contribution in [1.82, 2.24) is 4.90 Å². The lowest BCUT2D eigenvalue weighted by Crippen LogP contribution is -2.34. The maximum absolute atomic E-state index is 12.4. The maximum atomic E-state index is 12.4. The number of hydrogen-bond donors (Lipinski definition) is 0. The predicted octanol–water partition coefficient (Wildman–Crippen LogP) is 4.11. The molecule has 2 aromatic rings. The van der Waals surface area contributed by atoms with Crippen LogP contribution in [0.15, 0.2) is 48.5 Å². The minimum Gasteiger partial charge on any atom is -0.274 e. The highest BCUT2D eigenvalue weighted by atomic mass is 79.9. The second-order valence-corrected chi connectivity index (χ2v) is 6.25. The molecule has 1 atom stereocenters. The van der Waals surface area contributed by atoms with Gasteiger partial charge in [-0.25, -0.2) is 0 Å². The number of halogens is 2. The monoisotopic (exact) mass is 377 g/mol. The van der Waals surface area contributed by atoms with Crippen LogP contribution in [0.3, 0.4) is 0 Å². The molecular weight excluding hydrogens is 366 g/mol. The number of rotatable bonds is 4. The lowest BCUT2D eigenvalue weighted by Gasteiger charge is -2.21. The standard InChI is InChI=1S/C17H13BrClNO2/c18-9-12(11-5-7-13(19)8-6-11)10-20-16(21)14-3-1-2-4-15(14)17(20)22/h1-8,12H,9-10H2. The zero-order valence-electron chi connectivity index (χ0n) is 11.6. The molecule has 0 bridgehead atoms. The van der Waals surface area contributed by atoms with Crippen LogP contribution in [0.1, 0.15) is 32.2 Å². The van der Waals surface area contributed by atoms with E-state index in [1.54, 1.807) is 24.3 Å². The summed E-state index contributed by atoms with van der Waals surface area (Å²) >= 11 is 9.38. The van der Waals surface area contributed by atoms with Crippen molar-refractivity contribution in [3.63, 3.8) is 0 Å². The number of hydrogen-bond acceptors (Lipinski definition) is 2. The Bertz CT molecular complexity index is 695. The minimum atomic E-state index is -0.222. The Kier molecular flexibility index (Phi) is 4.32. The molecular formula is C17H13BrClNO2. The van der Waals surface area contributed by atoms with Gasteiger partial charge >= 0.3 is 0 Å². The minimum absolute atomic E-state index is 0.0273. The van der Waals surface area contributed by atoms with E-state index >= 15 is 0 Å². The summed E-state index contributed by atoms with van der Waals surface area (Å²) in [5.41, 5.74) is 2.01. The smallest absolute Gasteiger partial charge is 0.261 e. The zero-order valence-corrected chi connectivity index (χ0v) is 14.0. The molecule has 1 heterocycles. The van der Waals surface area contributed by atoms with Crippen molar-refractivity contribution in [3.8, 4) is 0 Å². The van der Waals surface area contributed by atoms with Crippen LogP contribution in [0, 0.1) is 0 Å². The lowest BCUT2D eigenvalue weighted by molar-refractivity contribution is 0.0647. The first kappa shape index (κ1) is 15.3. The number of carbonyl (C=O) groups is 2. The van der Waals surface area contributed by atoms with Crippen molar-refractivity contribution in [2.75, 3.05) is 11.9 Å². The van der Waals surface area contributed by atoms with Gasteiger partial charge in [-0.2, -0.15) is 0 Å². The molecule has 1 aliphatic heterocycles. The van der Waals surface area contributed by atoms with Gasteiger partial charge in [0.2, 0.25) is 0 Å². The van der Waals surface area contributed by atoms with Crippen LogP contribution in [-0.2, 0) is 0 Å². The molecule has 0 saturated heterocycles. The molecule has 5 heteroatoms.